The van der Waals surface area contributed by atoms with Crippen molar-refractivity contribution in [2.75, 3.05) is 0 Å². The predicted molar refractivity (Wildman–Crippen MR) is 46.9 cm³/mol. The summed E-state index contributed by atoms with van der Waals surface area (Å²) in [6.07, 6.45) is 1.55. The zero-order valence-electron chi connectivity index (χ0n) is 7.50. The lowest BCUT2D eigenvalue weighted by Crippen LogP contribution is -2.21. The Hall–Kier alpha value is -1.39. The number of aromatic nitrogens is 3. The minimum Gasteiger partial charge on any atom is -0.382 e. The van der Waals surface area contributed by atoms with Crippen molar-refractivity contribution >= 4 is 5.84 Å². The third-order valence-electron chi connectivity index (χ3n) is 1.13. The van der Waals surface area contributed by atoms with Gasteiger partial charge in [-0.25, -0.2) is 0 Å². The third kappa shape index (κ3) is 2.34. The number of rotatable bonds is 1. The molecule has 0 spiro atoms. The largest absolute Gasteiger partial charge is 0.382 e. The van der Waals surface area contributed by atoms with Crippen molar-refractivity contribution in [3.05, 3.63) is 11.9 Å². The van der Waals surface area contributed by atoms with Gasteiger partial charge < -0.3 is 5.73 Å². The Labute approximate surface area is 71.1 Å². The first kappa shape index (κ1) is 8.70. The first-order valence-corrected chi connectivity index (χ1v) is 3.70. The van der Waals surface area contributed by atoms with Crippen molar-refractivity contribution < 1.29 is 0 Å². The quantitative estimate of drug-likeness (QED) is 0.466. The number of hydrogen-bond acceptors (Lipinski definition) is 3. The first-order chi connectivity index (χ1) is 5.49. The number of hydrogen-bond donors (Lipinski definition) is 2. The van der Waals surface area contributed by atoms with E-state index in [4.69, 9.17) is 5.73 Å². The molecule has 0 aliphatic carbocycles. The summed E-state index contributed by atoms with van der Waals surface area (Å²) in [7, 11) is 0. The highest BCUT2D eigenvalue weighted by atomic mass is 15.3. The molecule has 0 bridgehead atoms. The molecule has 1 aromatic rings. The topological polar surface area (TPSA) is 80.0 Å². The number of aromatic amines is 1. The molecular weight excluding hydrogens is 154 g/mol. The fourth-order valence-corrected chi connectivity index (χ4v) is 0.744. The maximum absolute atomic E-state index is 5.65. The molecular formula is C7H13N5. The van der Waals surface area contributed by atoms with Crippen LogP contribution in [0, 0.1) is 0 Å². The Bertz CT molecular complexity index is 266. The van der Waals surface area contributed by atoms with Crippen molar-refractivity contribution in [3.63, 3.8) is 0 Å². The molecule has 12 heavy (non-hydrogen) atoms. The minimum atomic E-state index is -0.178. The number of amidine groups is 1. The van der Waals surface area contributed by atoms with Crippen LogP contribution in [0.5, 0.6) is 0 Å². The van der Waals surface area contributed by atoms with E-state index in [9.17, 15) is 0 Å². The van der Waals surface area contributed by atoms with Crippen LogP contribution in [0.3, 0.4) is 0 Å². The molecule has 0 aromatic carbocycles. The molecule has 5 heteroatoms. The molecule has 0 atom stereocenters. The average Bonchev–Trinajstić information content (AvgIpc) is 2.32. The summed E-state index contributed by atoms with van der Waals surface area (Å²) in [4.78, 5) is 4.22. The van der Waals surface area contributed by atoms with E-state index in [1.54, 1.807) is 6.20 Å². The summed E-state index contributed by atoms with van der Waals surface area (Å²) in [6.45, 7) is 5.92. The van der Waals surface area contributed by atoms with E-state index in [-0.39, 0.29) is 5.54 Å². The molecule has 0 amide bonds. The molecule has 0 radical (unpaired) electrons. The van der Waals surface area contributed by atoms with Crippen molar-refractivity contribution in [2.24, 2.45) is 10.7 Å². The van der Waals surface area contributed by atoms with Crippen molar-refractivity contribution in [3.8, 4) is 0 Å². The van der Waals surface area contributed by atoms with Gasteiger partial charge in [0.1, 0.15) is 11.5 Å². The fraction of sp³-hybridized carbons (Fsp3) is 0.571. The highest BCUT2D eigenvalue weighted by Crippen LogP contribution is 2.06. The van der Waals surface area contributed by atoms with Crippen molar-refractivity contribution in [1.82, 2.24) is 15.4 Å². The highest BCUT2D eigenvalue weighted by Gasteiger charge is 2.10. The van der Waals surface area contributed by atoms with E-state index in [2.05, 4.69) is 20.4 Å². The molecule has 1 aromatic heterocycles. The average molecular weight is 167 g/mol. The van der Waals surface area contributed by atoms with Gasteiger partial charge in [0.2, 0.25) is 0 Å². The molecule has 0 aliphatic heterocycles. The van der Waals surface area contributed by atoms with Gasteiger partial charge in [-0.1, -0.05) is 0 Å². The van der Waals surface area contributed by atoms with Gasteiger partial charge in [0.05, 0.1) is 11.7 Å². The zero-order valence-corrected chi connectivity index (χ0v) is 7.50. The van der Waals surface area contributed by atoms with E-state index < -0.39 is 0 Å². The van der Waals surface area contributed by atoms with Gasteiger partial charge in [-0.2, -0.15) is 15.4 Å². The Balaban J connectivity index is 2.85. The summed E-state index contributed by atoms with van der Waals surface area (Å²) < 4.78 is 0. The van der Waals surface area contributed by atoms with Gasteiger partial charge in [-0.15, -0.1) is 0 Å². The molecule has 66 valence electrons. The van der Waals surface area contributed by atoms with Gasteiger partial charge in [-0.3, -0.25) is 4.99 Å². The van der Waals surface area contributed by atoms with Crippen molar-refractivity contribution in [2.45, 2.75) is 26.3 Å². The van der Waals surface area contributed by atoms with Crippen LogP contribution in [0.15, 0.2) is 11.2 Å². The Kier molecular flexibility index (Phi) is 2.12. The summed E-state index contributed by atoms with van der Waals surface area (Å²) >= 11 is 0. The van der Waals surface area contributed by atoms with Crippen LogP contribution in [0.1, 0.15) is 26.5 Å². The van der Waals surface area contributed by atoms with Crippen LogP contribution in [0.2, 0.25) is 0 Å². The molecule has 0 aliphatic rings. The van der Waals surface area contributed by atoms with E-state index in [0.29, 0.717) is 11.5 Å². The fourth-order valence-electron chi connectivity index (χ4n) is 0.744. The Morgan fingerprint density at radius 3 is 2.67 bits per heavy atom. The number of aliphatic imine (C=N–C) groups is 1. The van der Waals surface area contributed by atoms with Gasteiger partial charge >= 0.3 is 0 Å². The summed E-state index contributed by atoms with van der Waals surface area (Å²) in [5.41, 5.74) is 6.06. The standard InChI is InChI=1S/C7H13N5/c1-7(2,3)10-6(8)5-4-9-12-11-5/h4H,1-3H3,(H2,8,10)(H,9,11,12). The molecule has 5 nitrogen and oxygen atoms in total. The first-order valence-electron chi connectivity index (χ1n) is 3.70. The normalized spacial score (nSPS) is 13.4. The van der Waals surface area contributed by atoms with Gasteiger partial charge in [0, 0.05) is 0 Å². The second kappa shape index (κ2) is 2.92. The van der Waals surface area contributed by atoms with Crippen LogP contribution in [0.25, 0.3) is 0 Å². The zero-order chi connectivity index (χ0) is 9.19. The van der Waals surface area contributed by atoms with E-state index in [1.165, 1.54) is 0 Å². The summed E-state index contributed by atoms with van der Waals surface area (Å²) in [6, 6.07) is 0. The van der Waals surface area contributed by atoms with E-state index >= 15 is 0 Å². The molecule has 0 saturated carbocycles. The summed E-state index contributed by atoms with van der Waals surface area (Å²) in [5.74, 6) is 0.413. The number of nitrogens with one attached hydrogen (secondary N) is 1. The Morgan fingerprint density at radius 1 is 1.58 bits per heavy atom. The van der Waals surface area contributed by atoms with Crippen LogP contribution in [-0.4, -0.2) is 26.8 Å². The van der Waals surface area contributed by atoms with E-state index in [1.807, 2.05) is 20.8 Å². The van der Waals surface area contributed by atoms with Crippen LogP contribution < -0.4 is 5.73 Å². The minimum absolute atomic E-state index is 0.178. The van der Waals surface area contributed by atoms with Crippen molar-refractivity contribution in [1.29, 1.82) is 0 Å². The number of H-pyrrole nitrogens is 1. The SMILES string of the molecule is CC(C)(C)N=C(N)c1cn[nH]n1. The molecule has 1 rings (SSSR count). The van der Waals surface area contributed by atoms with Gasteiger partial charge in [0.25, 0.3) is 0 Å². The maximum atomic E-state index is 5.65. The predicted octanol–water partition coefficient (Wildman–Crippen LogP) is 0.308. The number of nitrogens with zero attached hydrogens (tertiary/aromatic N) is 3. The Morgan fingerprint density at radius 2 is 2.25 bits per heavy atom. The maximum Gasteiger partial charge on any atom is 0.148 e. The second-order valence-electron chi connectivity index (χ2n) is 3.52. The second-order valence-corrected chi connectivity index (χ2v) is 3.52. The lowest BCUT2D eigenvalue weighted by Gasteiger charge is -2.12. The van der Waals surface area contributed by atoms with Crippen LogP contribution in [-0.2, 0) is 0 Å². The molecule has 0 unspecified atom stereocenters. The molecule has 3 N–H and O–H groups in total. The summed E-state index contributed by atoms with van der Waals surface area (Å²) in [5, 5.41) is 9.92. The lowest BCUT2D eigenvalue weighted by atomic mass is 10.1. The third-order valence-corrected chi connectivity index (χ3v) is 1.13. The highest BCUT2D eigenvalue weighted by molar-refractivity contribution is 5.95. The monoisotopic (exact) mass is 167 g/mol. The molecule has 0 fully saturated rings. The molecule has 1 heterocycles. The van der Waals surface area contributed by atoms with Crippen LogP contribution >= 0.6 is 0 Å². The van der Waals surface area contributed by atoms with Gasteiger partial charge in [-0.05, 0) is 20.8 Å². The van der Waals surface area contributed by atoms with Crippen LogP contribution in [0.4, 0.5) is 0 Å². The molecule has 0 saturated heterocycles. The number of nitrogens with two attached hydrogens (primary N) is 1. The van der Waals surface area contributed by atoms with E-state index in [0.717, 1.165) is 0 Å². The lowest BCUT2D eigenvalue weighted by molar-refractivity contribution is 0.583. The van der Waals surface area contributed by atoms with Gasteiger partial charge in [0.15, 0.2) is 0 Å². The smallest absolute Gasteiger partial charge is 0.148 e.